The van der Waals surface area contributed by atoms with Crippen molar-refractivity contribution in [2.24, 2.45) is 9.98 Å². The summed E-state index contributed by atoms with van der Waals surface area (Å²) in [4.78, 5) is 20.9. The number of aliphatic imine (C=N–C) groups is 2. The van der Waals surface area contributed by atoms with Gasteiger partial charge >= 0.3 is 6.18 Å². The second kappa shape index (κ2) is 14.9. The first kappa shape index (κ1) is 31.4. The number of aliphatic hydroxyl groups excluding tert-OH is 1. The predicted molar refractivity (Wildman–Crippen MR) is 138 cm³/mol. The average Bonchev–Trinajstić information content (AvgIpc) is 2.82. The molecule has 2 unspecified atom stereocenters. The van der Waals surface area contributed by atoms with Crippen molar-refractivity contribution in [2.45, 2.75) is 102 Å². The van der Waals surface area contributed by atoms with Gasteiger partial charge in [0.05, 0.1) is 12.1 Å². The standard InChI is InChI=1S/C27H37F5N4O2/c1-17(2)7-5-4-6-14-33-24(27(30,31)32)15-18(3)34-26(35-20-9-11-21(37)12-10-20)36-25(38)19-8-13-22(28)23(29)16-19/h8,13-14,16,18,20-21,24,37H,1,4-7,9-12,15H2,2-3H3,(H2,34,35,36,38). The normalized spacial score (nSPS) is 20.3. The van der Waals surface area contributed by atoms with Crippen LogP contribution in [0.4, 0.5) is 22.0 Å². The Morgan fingerprint density at radius 3 is 2.47 bits per heavy atom. The molecule has 11 heteroatoms. The summed E-state index contributed by atoms with van der Waals surface area (Å²) in [5.74, 6) is -3.18. The van der Waals surface area contributed by atoms with Gasteiger partial charge < -0.3 is 10.4 Å². The Balaban J connectivity index is 2.10. The Morgan fingerprint density at radius 2 is 1.87 bits per heavy atom. The smallest absolute Gasteiger partial charge is 0.393 e. The summed E-state index contributed by atoms with van der Waals surface area (Å²) < 4.78 is 67.9. The highest BCUT2D eigenvalue weighted by Crippen LogP contribution is 2.27. The lowest BCUT2D eigenvalue weighted by Gasteiger charge is -2.26. The third-order valence-electron chi connectivity index (χ3n) is 6.20. The number of nitrogens with zero attached hydrogens (tertiary/aromatic N) is 2. The van der Waals surface area contributed by atoms with E-state index in [4.69, 9.17) is 0 Å². The van der Waals surface area contributed by atoms with Gasteiger partial charge in [-0.15, -0.1) is 6.58 Å². The Kier molecular flexibility index (Phi) is 12.3. The molecular formula is C27H37F5N4O2. The molecule has 38 heavy (non-hydrogen) atoms. The first-order valence-corrected chi connectivity index (χ1v) is 12.9. The SMILES string of the molecule is C=C(C)CCCCC=NC(CC(C)NC(=NC1CCC(O)CC1)NC(=O)c1ccc(F)c(F)c1)C(F)(F)F. The number of nitrogens with one attached hydrogen (secondary N) is 2. The highest BCUT2D eigenvalue weighted by atomic mass is 19.4. The number of hydrogen-bond acceptors (Lipinski definition) is 4. The third kappa shape index (κ3) is 11.3. The number of carbonyl (C=O) groups excluding carboxylic acids is 1. The molecule has 1 aromatic carbocycles. The van der Waals surface area contributed by atoms with Crippen molar-refractivity contribution in [3.63, 3.8) is 0 Å². The molecule has 0 saturated heterocycles. The Bertz CT molecular complexity index is 988. The molecule has 3 N–H and O–H groups in total. The van der Waals surface area contributed by atoms with Crippen LogP contribution in [-0.4, -0.2) is 53.6 Å². The predicted octanol–water partition coefficient (Wildman–Crippen LogP) is 5.86. The lowest BCUT2D eigenvalue weighted by Crippen LogP contribution is -2.47. The molecule has 0 aromatic heterocycles. The zero-order valence-corrected chi connectivity index (χ0v) is 21.8. The maximum atomic E-state index is 13.7. The van der Waals surface area contributed by atoms with E-state index in [0.717, 1.165) is 36.6 Å². The minimum atomic E-state index is -4.56. The lowest BCUT2D eigenvalue weighted by atomic mass is 9.94. The molecule has 1 aromatic rings. The molecule has 0 heterocycles. The fraction of sp³-hybridized carbons (Fsp3) is 0.593. The molecule has 0 bridgehead atoms. The molecule has 2 atom stereocenters. The molecule has 0 aliphatic heterocycles. The quantitative estimate of drug-likeness (QED) is 0.107. The zero-order valence-electron chi connectivity index (χ0n) is 21.8. The molecule has 1 amide bonds. The molecule has 212 valence electrons. The third-order valence-corrected chi connectivity index (χ3v) is 6.20. The summed E-state index contributed by atoms with van der Waals surface area (Å²) in [5, 5.41) is 15.1. The molecule has 0 spiro atoms. The molecule has 1 aliphatic rings. The van der Waals surface area contributed by atoms with Crippen LogP contribution in [0.5, 0.6) is 0 Å². The Hall–Kier alpha value is -2.82. The van der Waals surface area contributed by atoms with E-state index in [9.17, 15) is 31.9 Å². The molecular weight excluding hydrogens is 507 g/mol. The number of halogens is 5. The number of benzene rings is 1. The van der Waals surface area contributed by atoms with E-state index in [-0.39, 0.29) is 17.6 Å². The number of unbranched alkanes of at least 4 members (excludes halogenated alkanes) is 2. The van der Waals surface area contributed by atoms with Gasteiger partial charge in [0.15, 0.2) is 17.6 Å². The molecule has 1 aliphatic carbocycles. The van der Waals surface area contributed by atoms with Gasteiger partial charge in [0.2, 0.25) is 0 Å². The Labute approximate surface area is 220 Å². The first-order chi connectivity index (χ1) is 17.8. The monoisotopic (exact) mass is 544 g/mol. The summed E-state index contributed by atoms with van der Waals surface area (Å²) >= 11 is 0. The van der Waals surface area contributed by atoms with Crippen LogP contribution in [0.3, 0.4) is 0 Å². The van der Waals surface area contributed by atoms with E-state index in [0.29, 0.717) is 38.5 Å². The van der Waals surface area contributed by atoms with Crippen molar-refractivity contribution in [3.8, 4) is 0 Å². The van der Waals surface area contributed by atoms with E-state index < -0.39 is 48.3 Å². The maximum Gasteiger partial charge on any atom is 0.410 e. The van der Waals surface area contributed by atoms with Gasteiger partial charge in [-0.05, 0) is 96.0 Å². The molecule has 6 nitrogen and oxygen atoms in total. The van der Waals surface area contributed by atoms with Crippen molar-refractivity contribution >= 4 is 18.1 Å². The summed E-state index contributed by atoms with van der Waals surface area (Å²) in [6.45, 7) is 7.22. The fourth-order valence-electron chi connectivity index (χ4n) is 4.06. The van der Waals surface area contributed by atoms with Crippen molar-refractivity contribution in [1.82, 2.24) is 10.6 Å². The van der Waals surface area contributed by atoms with Crippen LogP contribution in [0.25, 0.3) is 0 Å². The van der Waals surface area contributed by atoms with Crippen molar-refractivity contribution < 1.29 is 31.9 Å². The van der Waals surface area contributed by atoms with Gasteiger partial charge in [0, 0.05) is 11.6 Å². The number of rotatable bonds is 11. The van der Waals surface area contributed by atoms with E-state index in [1.165, 1.54) is 13.1 Å². The number of alkyl halides is 3. The van der Waals surface area contributed by atoms with Gasteiger partial charge in [-0.25, -0.2) is 13.8 Å². The number of aliphatic hydroxyl groups is 1. The molecule has 1 fully saturated rings. The average molecular weight is 545 g/mol. The van der Waals surface area contributed by atoms with E-state index in [2.05, 4.69) is 27.2 Å². The second-order valence-corrected chi connectivity index (χ2v) is 9.90. The first-order valence-electron chi connectivity index (χ1n) is 12.9. The van der Waals surface area contributed by atoms with Crippen LogP contribution in [0.2, 0.25) is 0 Å². The summed E-state index contributed by atoms with van der Waals surface area (Å²) in [5.41, 5.74) is 0.850. The van der Waals surface area contributed by atoms with Gasteiger partial charge in [-0.2, -0.15) is 13.2 Å². The van der Waals surface area contributed by atoms with Crippen LogP contribution in [-0.2, 0) is 0 Å². The van der Waals surface area contributed by atoms with E-state index in [1.54, 1.807) is 0 Å². The molecule has 0 radical (unpaired) electrons. The van der Waals surface area contributed by atoms with Crippen LogP contribution in [0.15, 0.2) is 40.3 Å². The van der Waals surface area contributed by atoms with Gasteiger partial charge in [-0.1, -0.05) is 5.57 Å². The zero-order chi connectivity index (χ0) is 28.3. The largest absolute Gasteiger partial charge is 0.410 e. The second-order valence-electron chi connectivity index (χ2n) is 9.90. The summed E-state index contributed by atoms with van der Waals surface area (Å²) in [7, 11) is 0. The minimum absolute atomic E-state index is 0.0710. The van der Waals surface area contributed by atoms with Crippen molar-refractivity contribution in [3.05, 3.63) is 47.5 Å². The summed E-state index contributed by atoms with van der Waals surface area (Å²) in [6, 6.07) is -0.373. The number of carbonyl (C=O) groups is 1. The highest BCUT2D eigenvalue weighted by Gasteiger charge is 2.40. The molecule has 2 rings (SSSR count). The van der Waals surface area contributed by atoms with Crippen LogP contribution < -0.4 is 10.6 Å². The number of hydrogen-bond donors (Lipinski definition) is 3. The molecule has 1 saturated carbocycles. The fourth-order valence-corrected chi connectivity index (χ4v) is 4.06. The van der Waals surface area contributed by atoms with E-state index in [1.807, 2.05) is 6.92 Å². The highest BCUT2D eigenvalue weighted by molar-refractivity contribution is 6.05. The maximum absolute atomic E-state index is 13.7. The number of amides is 1. The van der Waals surface area contributed by atoms with Crippen molar-refractivity contribution in [1.29, 1.82) is 0 Å². The van der Waals surface area contributed by atoms with Crippen LogP contribution in [0.1, 0.15) is 82.0 Å². The summed E-state index contributed by atoms with van der Waals surface area (Å²) in [6.07, 6.45) is 0.731. The van der Waals surface area contributed by atoms with Gasteiger partial charge in [0.1, 0.15) is 6.04 Å². The van der Waals surface area contributed by atoms with Crippen LogP contribution in [0, 0.1) is 11.6 Å². The number of guanidine groups is 1. The number of allylic oxidation sites excluding steroid dienone is 1. The minimum Gasteiger partial charge on any atom is -0.393 e. The van der Waals surface area contributed by atoms with Gasteiger partial charge in [-0.3, -0.25) is 15.1 Å². The van der Waals surface area contributed by atoms with Crippen LogP contribution >= 0.6 is 0 Å². The lowest BCUT2D eigenvalue weighted by molar-refractivity contribution is -0.149. The van der Waals surface area contributed by atoms with Gasteiger partial charge in [0.25, 0.3) is 5.91 Å². The van der Waals surface area contributed by atoms with Crippen molar-refractivity contribution in [2.75, 3.05) is 0 Å². The van der Waals surface area contributed by atoms with E-state index >= 15 is 0 Å². The Morgan fingerprint density at radius 1 is 1.18 bits per heavy atom. The topological polar surface area (TPSA) is 86.1 Å².